The molecule has 3 N–H and O–H groups in total. The average molecular weight is 514 g/mol. The number of amides is 2. The molecule has 4 rings (SSSR count). The number of aromatic nitrogens is 1. The van der Waals surface area contributed by atoms with E-state index in [0.29, 0.717) is 42.2 Å². The fraction of sp³-hybridized carbons (Fsp3) is 0.792. The average Bonchev–Trinajstić information content (AvgIpc) is 3.27. The summed E-state index contributed by atoms with van der Waals surface area (Å²) in [5.41, 5.74) is 6.26. The second kappa shape index (κ2) is 11.1. The SMILES string of the molecule is CC1CCC([C@H](N)C(=O)Nc2ncc(C(CN3CCO[C@H](C)C3)N3CC(F)(F)CCC3=O)s2)CC1. The molecule has 2 aliphatic heterocycles. The number of nitrogens with two attached hydrogens (primary N) is 1. The van der Waals surface area contributed by atoms with Crippen LogP contribution in [-0.4, -0.2) is 77.5 Å². The van der Waals surface area contributed by atoms with Gasteiger partial charge < -0.3 is 20.7 Å². The number of likely N-dealkylation sites (tertiary alicyclic amines) is 1. The van der Waals surface area contributed by atoms with Gasteiger partial charge in [-0.2, -0.15) is 0 Å². The van der Waals surface area contributed by atoms with Crippen molar-refractivity contribution in [3.63, 3.8) is 0 Å². The molecule has 3 aliphatic rings. The molecular weight excluding hydrogens is 476 g/mol. The van der Waals surface area contributed by atoms with Crippen molar-refractivity contribution in [1.82, 2.24) is 14.8 Å². The van der Waals surface area contributed by atoms with E-state index in [2.05, 4.69) is 22.1 Å². The highest BCUT2D eigenvalue weighted by atomic mass is 32.1. The van der Waals surface area contributed by atoms with Crippen LogP contribution in [0.25, 0.3) is 0 Å². The lowest BCUT2D eigenvalue weighted by molar-refractivity contribution is -0.152. The molecule has 35 heavy (non-hydrogen) atoms. The number of rotatable bonds is 7. The lowest BCUT2D eigenvalue weighted by atomic mass is 9.79. The number of carbonyl (C=O) groups excluding carboxylic acids is 2. The predicted octanol–water partition coefficient (Wildman–Crippen LogP) is 3.25. The second-order valence-electron chi connectivity index (χ2n) is 10.4. The van der Waals surface area contributed by atoms with Crippen LogP contribution in [0.2, 0.25) is 0 Å². The highest BCUT2D eigenvalue weighted by molar-refractivity contribution is 7.15. The van der Waals surface area contributed by atoms with Gasteiger partial charge in [0.15, 0.2) is 5.13 Å². The van der Waals surface area contributed by atoms with Crippen LogP contribution in [0.15, 0.2) is 6.20 Å². The van der Waals surface area contributed by atoms with Crippen molar-refractivity contribution < 1.29 is 23.1 Å². The lowest BCUT2D eigenvalue weighted by Gasteiger charge is -2.41. The minimum atomic E-state index is -2.92. The van der Waals surface area contributed by atoms with Crippen molar-refractivity contribution in [1.29, 1.82) is 0 Å². The molecule has 2 amide bonds. The van der Waals surface area contributed by atoms with E-state index in [0.717, 1.165) is 25.7 Å². The summed E-state index contributed by atoms with van der Waals surface area (Å²) < 4.78 is 34.2. The summed E-state index contributed by atoms with van der Waals surface area (Å²) in [5, 5.41) is 3.20. The summed E-state index contributed by atoms with van der Waals surface area (Å²) in [7, 11) is 0. The molecule has 3 heterocycles. The van der Waals surface area contributed by atoms with Gasteiger partial charge in [-0.15, -0.1) is 0 Å². The number of nitrogens with zero attached hydrogens (tertiary/aromatic N) is 3. The Kier molecular flexibility index (Phi) is 8.40. The maximum absolute atomic E-state index is 14.3. The molecule has 0 aromatic carbocycles. The molecule has 0 radical (unpaired) electrons. The Morgan fingerprint density at radius 2 is 2.09 bits per heavy atom. The first-order valence-electron chi connectivity index (χ1n) is 12.6. The zero-order valence-electron chi connectivity index (χ0n) is 20.6. The third-order valence-electron chi connectivity index (χ3n) is 7.51. The van der Waals surface area contributed by atoms with Gasteiger partial charge in [0.25, 0.3) is 5.92 Å². The fourth-order valence-corrected chi connectivity index (χ4v) is 6.25. The fourth-order valence-electron chi connectivity index (χ4n) is 5.32. The van der Waals surface area contributed by atoms with E-state index in [1.165, 1.54) is 16.2 Å². The van der Waals surface area contributed by atoms with Crippen LogP contribution in [-0.2, 0) is 14.3 Å². The third kappa shape index (κ3) is 6.75. The van der Waals surface area contributed by atoms with Crippen molar-refractivity contribution in [3.05, 3.63) is 11.1 Å². The smallest absolute Gasteiger partial charge is 0.265 e. The van der Waals surface area contributed by atoms with Crippen LogP contribution >= 0.6 is 11.3 Å². The Bertz CT molecular complexity index is 892. The quantitative estimate of drug-likeness (QED) is 0.581. The molecule has 3 fully saturated rings. The van der Waals surface area contributed by atoms with Gasteiger partial charge in [0.05, 0.1) is 36.2 Å². The van der Waals surface area contributed by atoms with E-state index in [9.17, 15) is 18.4 Å². The number of morpholine rings is 1. The second-order valence-corrected chi connectivity index (χ2v) is 11.5. The molecule has 1 aliphatic carbocycles. The minimum Gasteiger partial charge on any atom is -0.376 e. The number of halogens is 2. The summed E-state index contributed by atoms with van der Waals surface area (Å²) in [6.45, 7) is 5.86. The van der Waals surface area contributed by atoms with Crippen molar-refractivity contribution >= 4 is 28.3 Å². The maximum Gasteiger partial charge on any atom is 0.265 e. The van der Waals surface area contributed by atoms with Crippen LogP contribution in [0.4, 0.5) is 13.9 Å². The summed E-state index contributed by atoms with van der Waals surface area (Å²) in [6.07, 6.45) is 5.03. The molecule has 0 spiro atoms. The molecule has 0 bridgehead atoms. The number of hydrogen-bond donors (Lipinski definition) is 2. The summed E-state index contributed by atoms with van der Waals surface area (Å²) in [6, 6.07) is -1.18. The zero-order valence-corrected chi connectivity index (χ0v) is 21.4. The van der Waals surface area contributed by atoms with E-state index in [1.807, 2.05) is 6.92 Å². The van der Waals surface area contributed by atoms with E-state index in [-0.39, 0.29) is 30.3 Å². The first kappa shape index (κ1) is 26.4. The van der Waals surface area contributed by atoms with Gasteiger partial charge in [-0.3, -0.25) is 14.5 Å². The topological polar surface area (TPSA) is 101 Å². The van der Waals surface area contributed by atoms with E-state index >= 15 is 0 Å². The minimum absolute atomic E-state index is 0.0310. The maximum atomic E-state index is 14.3. The Labute approximate surface area is 209 Å². The van der Waals surface area contributed by atoms with Gasteiger partial charge in [-0.05, 0) is 31.6 Å². The van der Waals surface area contributed by atoms with E-state index < -0.39 is 31.0 Å². The van der Waals surface area contributed by atoms with Crippen LogP contribution in [0.5, 0.6) is 0 Å². The molecule has 8 nitrogen and oxygen atoms in total. The van der Waals surface area contributed by atoms with Gasteiger partial charge in [0.1, 0.15) is 0 Å². The number of hydrogen-bond acceptors (Lipinski definition) is 7. The van der Waals surface area contributed by atoms with Crippen LogP contribution in [0.3, 0.4) is 0 Å². The Balaban J connectivity index is 1.48. The van der Waals surface area contributed by atoms with E-state index in [4.69, 9.17) is 10.5 Å². The van der Waals surface area contributed by atoms with Gasteiger partial charge in [-0.25, -0.2) is 13.8 Å². The molecule has 11 heteroatoms. The first-order chi connectivity index (χ1) is 16.6. The summed E-state index contributed by atoms with van der Waals surface area (Å²) in [5.74, 6) is -2.66. The number of nitrogens with one attached hydrogen (secondary N) is 1. The molecule has 196 valence electrons. The van der Waals surface area contributed by atoms with Crippen molar-refractivity contribution in [2.24, 2.45) is 17.6 Å². The normalized spacial score (nSPS) is 29.6. The Morgan fingerprint density at radius 3 is 2.80 bits per heavy atom. The molecule has 1 aromatic heterocycles. The monoisotopic (exact) mass is 513 g/mol. The van der Waals surface area contributed by atoms with Gasteiger partial charge in [0, 0.05) is 38.7 Å². The highest BCUT2D eigenvalue weighted by Crippen LogP contribution is 2.37. The molecule has 3 atom stereocenters. The number of carbonyl (C=O) groups is 2. The van der Waals surface area contributed by atoms with Crippen molar-refractivity contribution in [3.8, 4) is 0 Å². The van der Waals surface area contributed by atoms with Crippen LogP contribution in [0, 0.1) is 11.8 Å². The van der Waals surface area contributed by atoms with Crippen molar-refractivity contribution in [2.45, 2.75) is 76.5 Å². The molecule has 2 saturated heterocycles. The standard InChI is InChI=1S/C24H37F2N5O3S/c1-15-3-5-17(6-4-15)21(27)22(33)29-23-28-11-19(35-23)18(13-30-9-10-34-16(2)12-30)31-14-24(25,26)8-7-20(31)32/h11,15-18,21H,3-10,12-14,27H2,1-2H3,(H,28,29,33)/t15?,16-,17?,18?,21+/m1/s1. The lowest BCUT2D eigenvalue weighted by Crippen LogP contribution is -2.51. The largest absolute Gasteiger partial charge is 0.376 e. The number of piperidine rings is 1. The molecule has 1 saturated carbocycles. The zero-order chi connectivity index (χ0) is 25.2. The Hall–Kier alpha value is -1.69. The molecule has 1 aromatic rings. The number of thiazole rings is 1. The Morgan fingerprint density at radius 1 is 1.34 bits per heavy atom. The molecular formula is C24H37F2N5O3S. The number of alkyl halides is 2. The van der Waals surface area contributed by atoms with E-state index in [1.54, 1.807) is 6.20 Å². The third-order valence-corrected chi connectivity index (χ3v) is 8.53. The molecule has 1 unspecified atom stereocenters. The number of anilines is 1. The predicted molar refractivity (Wildman–Crippen MR) is 130 cm³/mol. The first-order valence-corrected chi connectivity index (χ1v) is 13.5. The number of ether oxygens (including phenoxy) is 1. The summed E-state index contributed by atoms with van der Waals surface area (Å²) >= 11 is 1.22. The van der Waals surface area contributed by atoms with Crippen molar-refractivity contribution in [2.75, 3.05) is 38.1 Å². The van der Waals surface area contributed by atoms with Gasteiger partial charge in [0.2, 0.25) is 11.8 Å². The van der Waals surface area contributed by atoms with Crippen LogP contribution < -0.4 is 11.1 Å². The summed E-state index contributed by atoms with van der Waals surface area (Å²) in [4.78, 5) is 34.0. The highest BCUT2D eigenvalue weighted by Gasteiger charge is 2.43. The van der Waals surface area contributed by atoms with Crippen LogP contribution in [0.1, 0.15) is 63.3 Å². The van der Waals surface area contributed by atoms with Gasteiger partial charge in [-0.1, -0.05) is 31.1 Å². The van der Waals surface area contributed by atoms with Gasteiger partial charge >= 0.3 is 0 Å².